The molecular weight excluding hydrogens is 318 g/mol. The zero-order valence-corrected chi connectivity index (χ0v) is 15.7. The molecule has 1 fully saturated rings. The van der Waals surface area contributed by atoms with Crippen LogP contribution in [0.15, 0.2) is 23.3 Å². The van der Waals surface area contributed by atoms with Gasteiger partial charge >= 0.3 is 0 Å². The van der Waals surface area contributed by atoms with E-state index in [1.165, 1.54) is 66.7 Å². The first-order valence-corrected chi connectivity index (χ1v) is 9.24. The van der Waals surface area contributed by atoms with Gasteiger partial charge in [-0.2, -0.15) is 0 Å². The molecule has 0 atom stereocenters. The van der Waals surface area contributed by atoms with E-state index < -0.39 is 0 Å². The highest BCUT2D eigenvalue weighted by atomic mass is 35.5. The van der Waals surface area contributed by atoms with Crippen LogP contribution in [0.4, 0.5) is 0 Å². The fourth-order valence-electron chi connectivity index (χ4n) is 3.81. The summed E-state index contributed by atoms with van der Waals surface area (Å²) < 4.78 is 0. The molecule has 1 aliphatic rings. The van der Waals surface area contributed by atoms with E-state index in [2.05, 4.69) is 42.2 Å². The molecule has 132 valence electrons. The summed E-state index contributed by atoms with van der Waals surface area (Å²) in [6.45, 7) is 4.48. The van der Waals surface area contributed by atoms with Crippen molar-refractivity contribution in [3.05, 3.63) is 35.2 Å². The summed E-state index contributed by atoms with van der Waals surface area (Å²) in [5.74, 6) is 0. The van der Waals surface area contributed by atoms with Crippen LogP contribution in [-0.4, -0.2) is 22.2 Å². The van der Waals surface area contributed by atoms with Crippen molar-refractivity contribution in [1.29, 1.82) is 0 Å². The number of nitrogens with zero attached hydrogens (tertiary/aromatic N) is 1. The molecule has 2 N–H and O–H groups in total. The van der Waals surface area contributed by atoms with Crippen LogP contribution in [0.3, 0.4) is 0 Å². The van der Waals surface area contributed by atoms with E-state index in [-0.39, 0.29) is 12.4 Å². The van der Waals surface area contributed by atoms with Crippen molar-refractivity contribution < 1.29 is 0 Å². The van der Waals surface area contributed by atoms with E-state index in [9.17, 15) is 0 Å². The fraction of sp³-hybridized carbons (Fsp3) is 0.550. The topological polar surface area (TPSA) is 43.9 Å². The van der Waals surface area contributed by atoms with E-state index in [4.69, 9.17) is 4.99 Å². The van der Waals surface area contributed by atoms with Crippen molar-refractivity contribution in [1.82, 2.24) is 9.97 Å². The van der Waals surface area contributed by atoms with E-state index in [0.717, 1.165) is 12.8 Å². The summed E-state index contributed by atoms with van der Waals surface area (Å²) in [5.41, 5.74) is 6.47. The molecule has 0 saturated heterocycles. The summed E-state index contributed by atoms with van der Waals surface area (Å²) in [6.07, 6.45) is 14.1. The zero-order chi connectivity index (χ0) is 16.1. The van der Waals surface area contributed by atoms with E-state index in [1.54, 1.807) is 0 Å². The lowest BCUT2D eigenvalue weighted by molar-refractivity contribution is 0.588. The lowest BCUT2D eigenvalue weighted by Crippen LogP contribution is -2.03. The number of H-pyrrole nitrogens is 2. The number of halogens is 1. The van der Waals surface area contributed by atoms with Crippen LogP contribution in [0.25, 0.3) is 11.4 Å². The quantitative estimate of drug-likeness (QED) is 0.515. The van der Waals surface area contributed by atoms with Crippen molar-refractivity contribution in [3.8, 4) is 11.4 Å². The smallest absolute Gasteiger partial charge is 0.0659 e. The molecule has 3 rings (SSSR count). The van der Waals surface area contributed by atoms with Gasteiger partial charge in [0.05, 0.1) is 23.1 Å². The van der Waals surface area contributed by atoms with Crippen LogP contribution in [0.5, 0.6) is 0 Å². The Bertz CT molecular complexity index is 632. The standard InChI is InChI=1S/C20H29N3.ClH/c1-3-16-17(4-2)20(18-12-9-13-21-18)23-19(16)14-22-15-10-7-5-6-8-11-15;/h9,12-15,21,23H,3-8,10-11H2,1-2H3;1H. The van der Waals surface area contributed by atoms with Crippen LogP contribution >= 0.6 is 12.4 Å². The third-order valence-corrected chi connectivity index (χ3v) is 5.06. The van der Waals surface area contributed by atoms with Gasteiger partial charge in [0.15, 0.2) is 0 Å². The zero-order valence-electron chi connectivity index (χ0n) is 14.9. The summed E-state index contributed by atoms with van der Waals surface area (Å²) in [5, 5.41) is 0. The molecule has 0 aromatic carbocycles. The van der Waals surface area contributed by atoms with Gasteiger partial charge in [0, 0.05) is 12.4 Å². The maximum Gasteiger partial charge on any atom is 0.0659 e. The van der Waals surface area contributed by atoms with Gasteiger partial charge in [-0.05, 0) is 48.9 Å². The normalized spacial score (nSPS) is 16.2. The number of hydrogen-bond acceptors (Lipinski definition) is 1. The van der Waals surface area contributed by atoms with Gasteiger partial charge in [0.2, 0.25) is 0 Å². The van der Waals surface area contributed by atoms with Gasteiger partial charge in [-0.1, -0.05) is 39.5 Å². The van der Waals surface area contributed by atoms with Gasteiger partial charge in [-0.15, -0.1) is 12.4 Å². The van der Waals surface area contributed by atoms with Crippen molar-refractivity contribution >= 4 is 18.6 Å². The van der Waals surface area contributed by atoms with Crippen molar-refractivity contribution in [2.75, 3.05) is 0 Å². The minimum Gasteiger partial charge on any atom is -0.360 e. The second-order valence-electron chi connectivity index (χ2n) is 6.59. The molecule has 4 heteroatoms. The van der Waals surface area contributed by atoms with E-state index in [1.807, 2.05) is 6.20 Å². The van der Waals surface area contributed by atoms with Gasteiger partial charge in [0.25, 0.3) is 0 Å². The third kappa shape index (κ3) is 4.13. The number of hydrogen-bond donors (Lipinski definition) is 2. The lowest BCUT2D eigenvalue weighted by Gasteiger charge is -2.07. The van der Waals surface area contributed by atoms with Crippen molar-refractivity contribution in [2.24, 2.45) is 4.99 Å². The Hall–Kier alpha value is -1.48. The van der Waals surface area contributed by atoms with Gasteiger partial charge in [0.1, 0.15) is 0 Å². The Labute approximate surface area is 151 Å². The third-order valence-electron chi connectivity index (χ3n) is 5.06. The Morgan fingerprint density at radius 1 is 1.08 bits per heavy atom. The largest absolute Gasteiger partial charge is 0.360 e. The molecule has 3 nitrogen and oxygen atoms in total. The monoisotopic (exact) mass is 347 g/mol. The Morgan fingerprint density at radius 3 is 2.38 bits per heavy atom. The average Bonchev–Trinajstić information content (AvgIpc) is 3.13. The Morgan fingerprint density at radius 2 is 1.79 bits per heavy atom. The minimum atomic E-state index is 0. The SMILES string of the molecule is CCc1c(C=NC2CCCCCC2)[nH]c(-c2ccc[nH]2)c1CC.Cl. The molecule has 2 heterocycles. The minimum absolute atomic E-state index is 0. The molecular formula is C20H30ClN3. The number of rotatable bonds is 5. The predicted octanol–water partition coefficient (Wildman–Crippen LogP) is 5.70. The molecule has 0 amide bonds. The average molecular weight is 348 g/mol. The number of aliphatic imine (C=N–C) groups is 1. The number of nitrogens with one attached hydrogen (secondary N) is 2. The highest BCUT2D eigenvalue weighted by Crippen LogP contribution is 2.28. The van der Waals surface area contributed by atoms with Crippen molar-refractivity contribution in [2.45, 2.75) is 71.3 Å². The summed E-state index contributed by atoms with van der Waals surface area (Å²) in [7, 11) is 0. The molecule has 0 unspecified atom stereocenters. The first-order chi connectivity index (χ1) is 11.3. The molecule has 24 heavy (non-hydrogen) atoms. The fourth-order valence-corrected chi connectivity index (χ4v) is 3.81. The van der Waals surface area contributed by atoms with Crippen LogP contribution in [0.1, 0.15) is 69.2 Å². The maximum absolute atomic E-state index is 4.93. The van der Waals surface area contributed by atoms with Crippen LogP contribution in [0.2, 0.25) is 0 Å². The highest BCUT2D eigenvalue weighted by Gasteiger charge is 2.16. The van der Waals surface area contributed by atoms with Crippen LogP contribution < -0.4 is 0 Å². The van der Waals surface area contributed by atoms with Gasteiger partial charge in [-0.25, -0.2) is 0 Å². The maximum atomic E-state index is 4.93. The Balaban J connectivity index is 0.00000208. The second kappa shape index (κ2) is 9.12. The summed E-state index contributed by atoms with van der Waals surface area (Å²) in [6, 6.07) is 4.71. The second-order valence-corrected chi connectivity index (χ2v) is 6.59. The van der Waals surface area contributed by atoms with Crippen LogP contribution in [-0.2, 0) is 12.8 Å². The van der Waals surface area contributed by atoms with Gasteiger partial charge < -0.3 is 9.97 Å². The molecule has 2 aromatic rings. The first-order valence-electron chi connectivity index (χ1n) is 9.24. The number of aromatic nitrogens is 2. The lowest BCUT2D eigenvalue weighted by atomic mass is 10.0. The Kier molecular flexibility index (Phi) is 7.16. The predicted molar refractivity (Wildman–Crippen MR) is 106 cm³/mol. The van der Waals surface area contributed by atoms with Crippen LogP contribution in [0, 0.1) is 0 Å². The summed E-state index contributed by atoms with van der Waals surface area (Å²) >= 11 is 0. The van der Waals surface area contributed by atoms with Crippen molar-refractivity contribution in [3.63, 3.8) is 0 Å². The molecule has 0 radical (unpaired) electrons. The molecule has 1 saturated carbocycles. The van der Waals surface area contributed by atoms with E-state index in [0.29, 0.717) is 6.04 Å². The van der Waals surface area contributed by atoms with E-state index >= 15 is 0 Å². The molecule has 2 aromatic heterocycles. The molecule has 0 aliphatic heterocycles. The molecule has 1 aliphatic carbocycles. The van der Waals surface area contributed by atoms with Gasteiger partial charge in [-0.3, -0.25) is 4.99 Å². The highest BCUT2D eigenvalue weighted by molar-refractivity contribution is 5.85. The summed E-state index contributed by atoms with van der Waals surface area (Å²) in [4.78, 5) is 11.9. The first kappa shape index (κ1) is 18.9. The molecule has 0 bridgehead atoms. The molecule has 0 spiro atoms. The number of aromatic amines is 2.